The van der Waals surface area contributed by atoms with E-state index in [0.717, 1.165) is 23.1 Å². The van der Waals surface area contributed by atoms with Crippen molar-refractivity contribution in [1.29, 1.82) is 0 Å². The SMILES string of the molecule is CNCc1cc(C)c(C)c(S(=O)(=O)NC2CCOC2)c1. The van der Waals surface area contributed by atoms with Crippen molar-refractivity contribution >= 4 is 10.0 Å². The number of rotatable bonds is 5. The third-order valence-electron chi connectivity index (χ3n) is 3.60. The number of hydrogen-bond acceptors (Lipinski definition) is 4. The maximum atomic E-state index is 12.5. The van der Waals surface area contributed by atoms with Gasteiger partial charge in [0.1, 0.15) is 0 Å². The molecular weight excluding hydrogens is 276 g/mol. The van der Waals surface area contributed by atoms with E-state index in [0.29, 0.717) is 24.7 Å². The van der Waals surface area contributed by atoms with Crippen LogP contribution in [0.4, 0.5) is 0 Å². The average Bonchev–Trinajstić information content (AvgIpc) is 2.85. The van der Waals surface area contributed by atoms with Gasteiger partial charge in [-0.05, 0) is 50.1 Å². The smallest absolute Gasteiger partial charge is 0.241 e. The number of ether oxygens (including phenoxy) is 1. The Hall–Kier alpha value is -0.950. The molecule has 0 saturated carbocycles. The van der Waals surface area contributed by atoms with Gasteiger partial charge in [0.05, 0.1) is 11.5 Å². The molecule has 1 unspecified atom stereocenters. The average molecular weight is 298 g/mol. The summed E-state index contributed by atoms with van der Waals surface area (Å²) in [5.41, 5.74) is 2.76. The molecule has 1 aliphatic heterocycles. The van der Waals surface area contributed by atoms with Gasteiger partial charge in [-0.25, -0.2) is 13.1 Å². The van der Waals surface area contributed by atoms with Crippen molar-refractivity contribution in [2.24, 2.45) is 0 Å². The summed E-state index contributed by atoms with van der Waals surface area (Å²) in [5, 5.41) is 3.05. The maximum absolute atomic E-state index is 12.5. The predicted octanol–water partition coefficient (Wildman–Crippen LogP) is 1.09. The highest BCUT2D eigenvalue weighted by Crippen LogP contribution is 2.22. The number of sulfonamides is 1. The summed E-state index contributed by atoms with van der Waals surface area (Å²) in [6, 6.07) is 3.65. The lowest BCUT2D eigenvalue weighted by molar-refractivity contribution is 0.192. The largest absolute Gasteiger partial charge is 0.380 e. The summed E-state index contributed by atoms with van der Waals surface area (Å²) in [7, 11) is -1.65. The van der Waals surface area contributed by atoms with Crippen LogP contribution in [0.3, 0.4) is 0 Å². The summed E-state index contributed by atoms with van der Waals surface area (Å²) in [4.78, 5) is 0.370. The van der Waals surface area contributed by atoms with Crippen molar-refractivity contribution in [2.75, 3.05) is 20.3 Å². The van der Waals surface area contributed by atoms with Crippen LogP contribution in [0.15, 0.2) is 17.0 Å². The van der Waals surface area contributed by atoms with Crippen molar-refractivity contribution in [3.05, 3.63) is 28.8 Å². The standard InChI is InChI=1S/C14H22N2O3S/c1-10-6-12(8-15-3)7-14(11(10)2)20(17,18)16-13-4-5-19-9-13/h6-7,13,15-16H,4-5,8-9H2,1-3H3. The summed E-state index contributed by atoms with van der Waals surface area (Å²) < 4.78 is 33.0. The highest BCUT2D eigenvalue weighted by molar-refractivity contribution is 7.89. The molecule has 1 atom stereocenters. The Morgan fingerprint density at radius 1 is 1.35 bits per heavy atom. The molecule has 0 bridgehead atoms. The van der Waals surface area contributed by atoms with E-state index >= 15 is 0 Å². The summed E-state index contributed by atoms with van der Waals surface area (Å²) >= 11 is 0. The molecule has 112 valence electrons. The van der Waals surface area contributed by atoms with Gasteiger partial charge in [-0.2, -0.15) is 0 Å². The zero-order valence-corrected chi connectivity index (χ0v) is 13.0. The van der Waals surface area contributed by atoms with Crippen LogP contribution in [0, 0.1) is 13.8 Å². The number of hydrogen-bond donors (Lipinski definition) is 2. The van der Waals surface area contributed by atoms with E-state index in [2.05, 4.69) is 10.0 Å². The Bertz CT molecular complexity index is 578. The molecule has 1 aliphatic rings. The van der Waals surface area contributed by atoms with Crippen molar-refractivity contribution in [3.63, 3.8) is 0 Å². The summed E-state index contributed by atoms with van der Waals surface area (Å²) in [6.45, 7) is 5.50. The molecule has 2 rings (SSSR count). The van der Waals surface area contributed by atoms with Crippen LogP contribution in [0.5, 0.6) is 0 Å². The highest BCUT2D eigenvalue weighted by Gasteiger charge is 2.25. The lowest BCUT2D eigenvalue weighted by Gasteiger charge is -2.16. The van der Waals surface area contributed by atoms with Crippen LogP contribution in [0.1, 0.15) is 23.1 Å². The topological polar surface area (TPSA) is 67.4 Å². The van der Waals surface area contributed by atoms with Gasteiger partial charge in [0, 0.05) is 19.2 Å². The van der Waals surface area contributed by atoms with Crippen molar-refractivity contribution in [1.82, 2.24) is 10.0 Å². The molecule has 5 nitrogen and oxygen atoms in total. The third kappa shape index (κ3) is 3.38. The van der Waals surface area contributed by atoms with Gasteiger partial charge >= 0.3 is 0 Å². The van der Waals surface area contributed by atoms with Gasteiger partial charge in [0.25, 0.3) is 0 Å². The number of benzene rings is 1. The molecule has 6 heteroatoms. The Labute approximate surface area is 120 Å². The van der Waals surface area contributed by atoms with E-state index in [1.165, 1.54) is 0 Å². The van der Waals surface area contributed by atoms with Crippen LogP contribution in [0.2, 0.25) is 0 Å². The molecule has 1 fully saturated rings. The van der Waals surface area contributed by atoms with Gasteiger partial charge in [-0.15, -0.1) is 0 Å². The van der Waals surface area contributed by atoms with Crippen LogP contribution >= 0.6 is 0 Å². The number of aryl methyl sites for hydroxylation is 1. The molecule has 0 aliphatic carbocycles. The first-order valence-corrected chi connectivity index (χ1v) is 8.27. The van der Waals surface area contributed by atoms with E-state index in [1.807, 2.05) is 27.0 Å². The molecule has 1 aromatic rings. The second-order valence-electron chi connectivity index (χ2n) is 5.25. The molecule has 0 spiro atoms. The predicted molar refractivity (Wildman–Crippen MR) is 78.2 cm³/mol. The second-order valence-corrected chi connectivity index (χ2v) is 6.93. The molecule has 1 heterocycles. The van der Waals surface area contributed by atoms with Crippen molar-refractivity contribution < 1.29 is 13.2 Å². The molecule has 20 heavy (non-hydrogen) atoms. The molecular formula is C14H22N2O3S. The van der Waals surface area contributed by atoms with Crippen molar-refractivity contribution in [2.45, 2.75) is 37.8 Å². The monoisotopic (exact) mass is 298 g/mol. The molecule has 1 saturated heterocycles. The third-order valence-corrected chi connectivity index (χ3v) is 5.25. The van der Waals surface area contributed by atoms with E-state index in [9.17, 15) is 8.42 Å². The molecule has 0 amide bonds. The zero-order chi connectivity index (χ0) is 14.8. The highest BCUT2D eigenvalue weighted by atomic mass is 32.2. The number of nitrogens with one attached hydrogen (secondary N) is 2. The van der Waals surface area contributed by atoms with Gasteiger partial charge in [-0.1, -0.05) is 6.07 Å². The van der Waals surface area contributed by atoms with Gasteiger partial charge in [0.2, 0.25) is 10.0 Å². The first-order valence-electron chi connectivity index (χ1n) is 6.79. The Morgan fingerprint density at radius 2 is 2.10 bits per heavy atom. The quantitative estimate of drug-likeness (QED) is 0.854. The van der Waals surface area contributed by atoms with Crippen LogP contribution in [-0.4, -0.2) is 34.7 Å². The fourth-order valence-electron chi connectivity index (χ4n) is 2.39. The lowest BCUT2D eigenvalue weighted by atomic mass is 10.1. The minimum absolute atomic E-state index is 0.118. The lowest BCUT2D eigenvalue weighted by Crippen LogP contribution is -2.35. The fourth-order valence-corrected chi connectivity index (χ4v) is 4.02. The molecule has 0 radical (unpaired) electrons. The second kappa shape index (κ2) is 6.22. The minimum Gasteiger partial charge on any atom is -0.380 e. The van der Waals surface area contributed by atoms with Gasteiger partial charge in [-0.3, -0.25) is 0 Å². The first-order chi connectivity index (χ1) is 9.44. The van der Waals surface area contributed by atoms with E-state index in [1.54, 1.807) is 6.07 Å². The molecule has 0 aromatic heterocycles. The zero-order valence-electron chi connectivity index (χ0n) is 12.2. The fraction of sp³-hybridized carbons (Fsp3) is 0.571. The van der Waals surface area contributed by atoms with Crippen LogP contribution < -0.4 is 10.0 Å². The van der Waals surface area contributed by atoms with E-state index in [-0.39, 0.29) is 6.04 Å². The minimum atomic E-state index is -3.50. The maximum Gasteiger partial charge on any atom is 0.241 e. The van der Waals surface area contributed by atoms with E-state index in [4.69, 9.17) is 4.74 Å². The van der Waals surface area contributed by atoms with Gasteiger partial charge in [0.15, 0.2) is 0 Å². The first kappa shape index (κ1) is 15.4. The Kier molecular flexibility index (Phi) is 4.80. The Morgan fingerprint density at radius 3 is 2.70 bits per heavy atom. The summed E-state index contributed by atoms with van der Waals surface area (Å²) in [5.74, 6) is 0. The Balaban J connectivity index is 2.33. The normalized spacial score (nSPS) is 19.4. The molecule has 2 N–H and O–H groups in total. The van der Waals surface area contributed by atoms with Crippen LogP contribution in [0.25, 0.3) is 0 Å². The van der Waals surface area contributed by atoms with Crippen LogP contribution in [-0.2, 0) is 21.3 Å². The van der Waals surface area contributed by atoms with Crippen molar-refractivity contribution in [3.8, 4) is 0 Å². The van der Waals surface area contributed by atoms with E-state index < -0.39 is 10.0 Å². The summed E-state index contributed by atoms with van der Waals surface area (Å²) in [6.07, 6.45) is 0.730. The molecule has 1 aromatic carbocycles. The van der Waals surface area contributed by atoms with Gasteiger partial charge < -0.3 is 10.1 Å².